The highest BCUT2D eigenvalue weighted by Crippen LogP contribution is 2.35. The summed E-state index contributed by atoms with van der Waals surface area (Å²) in [5, 5.41) is 0. The molecule has 0 saturated heterocycles. The number of carbonyl (C=O) groups excluding carboxylic acids is 3. The van der Waals surface area contributed by atoms with E-state index < -0.39 is 0 Å². The Morgan fingerprint density at radius 2 is 1.82 bits per heavy atom. The van der Waals surface area contributed by atoms with Gasteiger partial charge in [-0.3, -0.25) is 14.4 Å². The third kappa shape index (κ3) is 11.5. The largest absolute Gasteiger partial charge is 0.299 e. The first-order chi connectivity index (χ1) is 15.4. The molecule has 0 aromatic carbocycles. The van der Waals surface area contributed by atoms with Gasteiger partial charge in [-0.15, -0.1) is 0 Å². The Balaban J connectivity index is 3.02. The minimum atomic E-state index is -0.0916. The van der Waals surface area contributed by atoms with Gasteiger partial charge in [-0.25, -0.2) is 0 Å². The predicted octanol–water partition coefficient (Wildman–Crippen LogP) is 8.07. The molecule has 188 valence electrons. The highest BCUT2D eigenvalue weighted by Gasteiger charge is 2.31. The molecule has 0 aromatic heterocycles. The molecule has 0 fully saturated rings. The van der Waals surface area contributed by atoms with E-state index in [1.807, 2.05) is 33.8 Å². The number of ketones is 3. The van der Waals surface area contributed by atoms with Gasteiger partial charge < -0.3 is 0 Å². The second-order valence-corrected chi connectivity index (χ2v) is 11.9. The smallest absolute Gasteiger partial charge is 0.155 e. The number of allylic oxidation sites excluding steroid dienone is 4. The number of hydrogen-bond donors (Lipinski definition) is 0. The fraction of sp³-hybridized carbons (Fsp3) is 0.767. The normalized spacial score (nSPS) is 21.7. The van der Waals surface area contributed by atoms with E-state index in [2.05, 4.69) is 33.8 Å². The summed E-state index contributed by atoms with van der Waals surface area (Å²) in [6, 6.07) is 0. The summed E-state index contributed by atoms with van der Waals surface area (Å²) in [6.07, 6.45) is 11.7. The lowest BCUT2D eigenvalue weighted by molar-refractivity contribution is -0.131. The molecule has 0 N–H and O–H groups in total. The van der Waals surface area contributed by atoms with Crippen molar-refractivity contribution in [1.82, 2.24) is 0 Å². The van der Waals surface area contributed by atoms with Crippen LogP contribution in [0.4, 0.5) is 0 Å². The van der Waals surface area contributed by atoms with E-state index in [0.717, 1.165) is 50.5 Å². The summed E-state index contributed by atoms with van der Waals surface area (Å²) in [5.74, 6) is 1.33. The van der Waals surface area contributed by atoms with Gasteiger partial charge in [0.05, 0.1) is 6.42 Å². The Morgan fingerprint density at radius 3 is 2.36 bits per heavy atom. The van der Waals surface area contributed by atoms with Crippen LogP contribution in [0, 0.1) is 29.1 Å². The molecule has 1 aliphatic rings. The lowest BCUT2D eigenvalue weighted by Crippen LogP contribution is -2.28. The van der Waals surface area contributed by atoms with E-state index in [1.165, 1.54) is 5.57 Å². The van der Waals surface area contributed by atoms with Gasteiger partial charge in [0.1, 0.15) is 11.6 Å². The number of rotatable bonds is 11. The molecule has 0 spiro atoms. The highest BCUT2D eigenvalue weighted by atomic mass is 16.1. The van der Waals surface area contributed by atoms with Crippen LogP contribution in [0.15, 0.2) is 23.3 Å². The maximum Gasteiger partial charge on any atom is 0.155 e. The van der Waals surface area contributed by atoms with Crippen LogP contribution in [-0.2, 0) is 14.4 Å². The molecule has 0 aromatic rings. The Morgan fingerprint density at radius 1 is 1.15 bits per heavy atom. The minimum Gasteiger partial charge on any atom is -0.299 e. The molecule has 1 rings (SSSR count). The first-order valence-corrected chi connectivity index (χ1v) is 13.3. The maximum atomic E-state index is 13.2. The SMILES string of the molecule is CCCC(CC1CCC(C(C)C)=CC/C(C)=C/C(=O)C1)C(CC)C(=O)CC(=O)CC(C)(C)C. The number of Topliss-reactive ketones (excluding diaryl/α,β-unsaturated/α-hetero) is 2. The van der Waals surface area contributed by atoms with Gasteiger partial charge in [0.2, 0.25) is 0 Å². The summed E-state index contributed by atoms with van der Waals surface area (Å²) in [6.45, 7) is 16.9. The van der Waals surface area contributed by atoms with E-state index in [1.54, 1.807) is 0 Å². The van der Waals surface area contributed by atoms with Crippen LogP contribution in [0.2, 0.25) is 0 Å². The zero-order valence-corrected chi connectivity index (χ0v) is 22.8. The topological polar surface area (TPSA) is 51.2 Å². The molecule has 0 heterocycles. The lowest BCUT2D eigenvalue weighted by Gasteiger charge is -2.30. The van der Waals surface area contributed by atoms with E-state index in [-0.39, 0.29) is 46.9 Å². The number of carbonyl (C=O) groups is 3. The molecule has 3 heteroatoms. The average molecular weight is 459 g/mol. The standard InChI is InChI=1S/C30H50O3/c1-9-11-25(28(10-2)29(33)19-27(32)20-30(6,7)8)17-23-13-15-24(21(3)4)14-12-22(5)16-26(31)18-23/h14,16,21,23,25,28H,9-13,15,17-20H2,1-8H3/b22-16+,24-14?. The molecule has 0 saturated carbocycles. The summed E-state index contributed by atoms with van der Waals surface area (Å²) < 4.78 is 0. The average Bonchev–Trinajstić information content (AvgIpc) is 2.66. The van der Waals surface area contributed by atoms with Crippen molar-refractivity contribution < 1.29 is 14.4 Å². The van der Waals surface area contributed by atoms with Gasteiger partial charge in [-0.2, -0.15) is 0 Å². The summed E-state index contributed by atoms with van der Waals surface area (Å²) in [5.41, 5.74) is 2.51. The second-order valence-electron chi connectivity index (χ2n) is 11.9. The van der Waals surface area contributed by atoms with Crippen molar-refractivity contribution in [2.24, 2.45) is 29.1 Å². The zero-order chi connectivity index (χ0) is 25.2. The maximum absolute atomic E-state index is 13.2. The van der Waals surface area contributed by atoms with Crippen LogP contribution in [0.25, 0.3) is 0 Å². The van der Waals surface area contributed by atoms with Crippen molar-refractivity contribution in [2.45, 2.75) is 120 Å². The van der Waals surface area contributed by atoms with Crippen molar-refractivity contribution in [3.05, 3.63) is 23.3 Å². The molecule has 3 atom stereocenters. The van der Waals surface area contributed by atoms with E-state index in [0.29, 0.717) is 18.8 Å². The van der Waals surface area contributed by atoms with E-state index in [4.69, 9.17) is 0 Å². The molecule has 0 amide bonds. The molecule has 33 heavy (non-hydrogen) atoms. The van der Waals surface area contributed by atoms with Crippen LogP contribution in [0.3, 0.4) is 0 Å². The molecular formula is C30H50O3. The van der Waals surface area contributed by atoms with Crippen molar-refractivity contribution in [1.29, 1.82) is 0 Å². The molecular weight excluding hydrogens is 408 g/mol. The Bertz CT molecular complexity index is 717. The molecule has 0 radical (unpaired) electrons. The predicted molar refractivity (Wildman–Crippen MR) is 139 cm³/mol. The van der Waals surface area contributed by atoms with E-state index >= 15 is 0 Å². The fourth-order valence-electron chi connectivity index (χ4n) is 5.36. The van der Waals surface area contributed by atoms with Crippen LogP contribution >= 0.6 is 0 Å². The second kappa shape index (κ2) is 14.0. The third-order valence-electron chi connectivity index (χ3n) is 6.98. The molecule has 0 bridgehead atoms. The van der Waals surface area contributed by atoms with Crippen molar-refractivity contribution in [2.75, 3.05) is 0 Å². The quantitative estimate of drug-likeness (QED) is 0.232. The molecule has 1 aliphatic carbocycles. The van der Waals surface area contributed by atoms with Crippen LogP contribution < -0.4 is 0 Å². The minimum absolute atomic E-state index is 0.0573. The lowest BCUT2D eigenvalue weighted by atomic mass is 9.74. The summed E-state index contributed by atoms with van der Waals surface area (Å²) >= 11 is 0. The van der Waals surface area contributed by atoms with Crippen molar-refractivity contribution in [3.63, 3.8) is 0 Å². The third-order valence-corrected chi connectivity index (χ3v) is 6.98. The Hall–Kier alpha value is -1.51. The van der Waals surface area contributed by atoms with Crippen LogP contribution in [-0.4, -0.2) is 17.3 Å². The summed E-state index contributed by atoms with van der Waals surface area (Å²) in [4.78, 5) is 38.4. The Labute approximate surface area is 203 Å². The Kier molecular flexibility index (Phi) is 12.5. The van der Waals surface area contributed by atoms with Gasteiger partial charge in [-0.1, -0.05) is 78.5 Å². The van der Waals surface area contributed by atoms with Gasteiger partial charge in [-0.05, 0) is 68.3 Å². The van der Waals surface area contributed by atoms with Gasteiger partial charge in [0.15, 0.2) is 5.78 Å². The first-order valence-electron chi connectivity index (χ1n) is 13.3. The van der Waals surface area contributed by atoms with Gasteiger partial charge >= 0.3 is 0 Å². The summed E-state index contributed by atoms with van der Waals surface area (Å²) in [7, 11) is 0. The molecule has 3 unspecified atom stereocenters. The molecule has 0 aliphatic heterocycles. The molecule has 3 nitrogen and oxygen atoms in total. The van der Waals surface area contributed by atoms with Crippen molar-refractivity contribution >= 4 is 17.3 Å². The van der Waals surface area contributed by atoms with Gasteiger partial charge in [0.25, 0.3) is 0 Å². The van der Waals surface area contributed by atoms with Gasteiger partial charge in [0, 0.05) is 18.8 Å². The van der Waals surface area contributed by atoms with Crippen LogP contribution in [0.5, 0.6) is 0 Å². The fourth-order valence-corrected chi connectivity index (χ4v) is 5.36. The highest BCUT2D eigenvalue weighted by molar-refractivity contribution is 6.00. The monoisotopic (exact) mass is 458 g/mol. The van der Waals surface area contributed by atoms with Crippen LogP contribution in [0.1, 0.15) is 120 Å². The zero-order valence-electron chi connectivity index (χ0n) is 22.8. The number of hydrogen-bond acceptors (Lipinski definition) is 3. The van der Waals surface area contributed by atoms with Crippen molar-refractivity contribution in [3.8, 4) is 0 Å². The first kappa shape index (κ1) is 29.5. The van der Waals surface area contributed by atoms with E-state index in [9.17, 15) is 14.4 Å².